The van der Waals surface area contributed by atoms with Gasteiger partial charge in [0, 0.05) is 6.54 Å². The highest BCUT2D eigenvalue weighted by molar-refractivity contribution is 7.88. The number of hydrogen-bond acceptors (Lipinski definition) is 5. The van der Waals surface area contributed by atoms with Crippen molar-refractivity contribution in [1.82, 2.24) is 14.5 Å². The lowest BCUT2D eigenvalue weighted by molar-refractivity contribution is -0.133. The van der Waals surface area contributed by atoms with Crippen molar-refractivity contribution in [2.75, 3.05) is 19.3 Å². The summed E-state index contributed by atoms with van der Waals surface area (Å²) in [5.74, 6) is -1.46. The fourth-order valence-electron chi connectivity index (χ4n) is 3.57. The van der Waals surface area contributed by atoms with Crippen molar-refractivity contribution in [1.29, 1.82) is 0 Å². The third-order valence-electron chi connectivity index (χ3n) is 4.34. The Morgan fingerprint density at radius 3 is 2.57 bits per heavy atom. The molecule has 2 saturated heterocycles. The highest BCUT2D eigenvalue weighted by Crippen LogP contribution is 2.39. The predicted molar refractivity (Wildman–Crippen MR) is 80.0 cm³/mol. The first-order valence-electron chi connectivity index (χ1n) is 7.48. The van der Waals surface area contributed by atoms with Crippen LogP contribution in [0.3, 0.4) is 0 Å². The van der Waals surface area contributed by atoms with Gasteiger partial charge in [-0.3, -0.25) is 9.59 Å². The maximum absolute atomic E-state index is 12.5. The number of sulfonamides is 1. The Labute approximate surface area is 134 Å². The fourth-order valence-corrected chi connectivity index (χ4v) is 4.76. The Kier molecular flexibility index (Phi) is 4.83. The quantitative estimate of drug-likeness (QED) is 0.687. The maximum atomic E-state index is 12.5. The van der Waals surface area contributed by atoms with Gasteiger partial charge in [-0.05, 0) is 12.8 Å². The van der Waals surface area contributed by atoms with E-state index in [1.807, 2.05) is 12.2 Å². The van der Waals surface area contributed by atoms with E-state index >= 15 is 0 Å². The molecule has 0 spiro atoms. The minimum absolute atomic E-state index is 0.314. The molecule has 0 aromatic rings. The molecule has 0 aromatic heterocycles. The van der Waals surface area contributed by atoms with Crippen molar-refractivity contribution in [3.8, 4) is 0 Å². The molecule has 23 heavy (non-hydrogen) atoms. The van der Waals surface area contributed by atoms with Crippen molar-refractivity contribution in [3.63, 3.8) is 0 Å². The normalized spacial score (nSPS) is 27.2. The number of carbonyl (C=O) groups is 3. The summed E-state index contributed by atoms with van der Waals surface area (Å²) >= 11 is 0. The number of nitrogens with one attached hydrogen (secondary N) is 1. The van der Waals surface area contributed by atoms with Crippen LogP contribution < -0.4 is 5.32 Å². The molecule has 2 aliphatic heterocycles. The van der Waals surface area contributed by atoms with E-state index < -0.39 is 45.9 Å². The van der Waals surface area contributed by atoms with Crippen molar-refractivity contribution in [2.45, 2.75) is 38.3 Å². The molecule has 0 saturated carbocycles. The van der Waals surface area contributed by atoms with Crippen molar-refractivity contribution in [3.05, 3.63) is 0 Å². The van der Waals surface area contributed by atoms with Crippen molar-refractivity contribution in [2.24, 2.45) is 5.92 Å². The number of fused-ring (bicyclic) bond motifs is 1. The maximum Gasteiger partial charge on any atom is 0.405 e. The highest BCUT2D eigenvalue weighted by atomic mass is 32.2. The first kappa shape index (κ1) is 17.5. The van der Waals surface area contributed by atoms with Crippen LogP contribution in [0.1, 0.15) is 26.2 Å². The van der Waals surface area contributed by atoms with Gasteiger partial charge in [-0.15, -0.1) is 0 Å². The van der Waals surface area contributed by atoms with Gasteiger partial charge in [-0.25, -0.2) is 17.5 Å². The van der Waals surface area contributed by atoms with Crippen LogP contribution >= 0.6 is 0 Å². The molecule has 9 nitrogen and oxygen atoms in total. The summed E-state index contributed by atoms with van der Waals surface area (Å²) in [6.07, 6.45) is 1.24. The molecule has 2 N–H and O–H groups in total. The molecule has 2 aliphatic rings. The van der Waals surface area contributed by atoms with Gasteiger partial charge in [0.05, 0.1) is 24.3 Å². The second-order valence-electron chi connectivity index (χ2n) is 5.88. The monoisotopic (exact) mass is 347 g/mol. The summed E-state index contributed by atoms with van der Waals surface area (Å²) in [5, 5.41) is 10.6. The summed E-state index contributed by atoms with van der Waals surface area (Å²) in [6, 6.07) is -1.07. The van der Waals surface area contributed by atoms with Crippen LogP contribution in [0.25, 0.3) is 0 Å². The van der Waals surface area contributed by atoms with Gasteiger partial charge < -0.3 is 15.3 Å². The Hall–Kier alpha value is -1.84. The lowest BCUT2D eigenvalue weighted by Gasteiger charge is -2.27. The SMILES string of the molecule is CCC[C@H]1C(=O)N(S(C)(=O)=O)[C@H]2CCN(C(=O)CNC(=O)O)[C@H]12. The molecular weight excluding hydrogens is 326 g/mol. The van der Waals surface area contributed by atoms with E-state index in [-0.39, 0.29) is 6.54 Å². The Morgan fingerprint density at radius 1 is 1.39 bits per heavy atom. The molecule has 3 amide bonds. The topological polar surface area (TPSA) is 124 Å². The fraction of sp³-hybridized carbons (Fsp3) is 0.769. The average molecular weight is 347 g/mol. The summed E-state index contributed by atoms with van der Waals surface area (Å²) in [6.45, 7) is 1.82. The highest BCUT2D eigenvalue weighted by Gasteiger charge is 2.56. The van der Waals surface area contributed by atoms with Gasteiger partial charge in [-0.2, -0.15) is 0 Å². The van der Waals surface area contributed by atoms with Gasteiger partial charge in [-0.1, -0.05) is 13.3 Å². The lowest BCUT2D eigenvalue weighted by atomic mass is 9.94. The number of hydrogen-bond donors (Lipinski definition) is 2. The van der Waals surface area contributed by atoms with E-state index in [1.165, 1.54) is 4.90 Å². The number of carbonyl (C=O) groups excluding carboxylic acids is 2. The summed E-state index contributed by atoms with van der Waals surface area (Å²) in [7, 11) is -3.70. The molecule has 0 radical (unpaired) electrons. The second-order valence-corrected chi connectivity index (χ2v) is 7.74. The van der Waals surface area contributed by atoms with E-state index in [9.17, 15) is 22.8 Å². The zero-order valence-electron chi connectivity index (χ0n) is 13.1. The van der Waals surface area contributed by atoms with E-state index in [4.69, 9.17) is 5.11 Å². The average Bonchev–Trinajstić information content (AvgIpc) is 2.95. The molecule has 0 bridgehead atoms. The van der Waals surface area contributed by atoms with Crippen LogP contribution in [-0.2, 0) is 19.6 Å². The standard InChI is InChI=1S/C13H21N3O6S/c1-3-4-8-11-9(16(12(8)18)23(2,21)22)5-6-15(11)10(17)7-14-13(19)20/h8-9,11,14H,3-7H2,1-2H3,(H,19,20)/t8-,9+,11-/m1/s1. The number of likely N-dealkylation sites (tertiary alicyclic amines) is 1. The van der Waals surface area contributed by atoms with E-state index in [0.717, 1.165) is 10.6 Å². The molecule has 2 heterocycles. The Balaban J connectivity index is 2.26. The van der Waals surface area contributed by atoms with Gasteiger partial charge in [0.1, 0.15) is 6.54 Å². The van der Waals surface area contributed by atoms with E-state index in [1.54, 1.807) is 0 Å². The van der Waals surface area contributed by atoms with Crippen LogP contribution in [0.2, 0.25) is 0 Å². The number of amides is 3. The van der Waals surface area contributed by atoms with E-state index in [0.29, 0.717) is 25.8 Å². The van der Waals surface area contributed by atoms with Gasteiger partial charge in [0.15, 0.2) is 0 Å². The van der Waals surface area contributed by atoms with Crippen LogP contribution in [0.5, 0.6) is 0 Å². The molecular formula is C13H21N3O6S. The summed E-state index contributed by atoms with van der Waals surface area (Å²) in [4.78, 5) is 36.7. The number of nitrogens with zero attached hydrogens (tertiary/aromatic N) is 2. The molecule has 3 atom stereocenters. The second kappa shape index (κ2) is 6.34. The molecule has 0 unspecified atom stereocenters. The zero-order chi connectivity index (χ0) is 17.4. The minimum atomic E-state index is -3.70. The Bertz CT molecular complexity index is 619. The first-order valence-corrected chi connectivity index (χ1v) is 9.32. The summed E-state index contributed by atoms with van der Waals surface area (Å²) in [5.41, 5.74) is 0. The molecule has 10 heteroatoms. The van der Waals surface area contributed by atoms with Crippen LogP contribution in [0.15, 0.2) is 0 Å². The molecule has 0 aromatic carbocycles. The molecule has 2 rings (SSSR count). The van der Waals surface area contributed by atoms with Crippen LogP contribution in [0.4, 0.5) is 4.79 Å². The van der Waals surface area contributed by atoms with Crippen molar-refractivity contribution < 1.29 is 27.9 Å². The van der Waals surface area contributed by atoms with E-state index in [2.05, 4.69) is 0 Å². The van der Waals surface area contributed by atoms with Crippen LogP contribution in [0, 0.1) is 5.92 Å². The molecule has 2 fully saturated rings. The number of carboxylic acid groups (broad SMARTS) is 1. The third-order valence-corrected chi connectivity index (χ3v) is 5.50. The summed E-state index contributed by atoms with van der Waals surface area (Å²) < 4.78 is 24.8. The van der Waals surface area contributed by atoms with Crippen LogP contribution in [-0.4, -0.2) is 72.1 Å². The Morgan fingerprint density at radius 2 is 2.04 bits per heavy atom. The lowest BCUT2D eigenvalue weighted by Crippen LogP contribution is -2.46. The predicted octanol–water partition coefficient (Wildman–Crippen LogP) is -0.558. The minimum Gasteiger partial charge on any atom is -0.465 e. The van der Waals surface area contributed by atoms with Crippen molar-refractivity contribution >= 4 is 27.9 Å². The zero-order valence-corrected chi connectivity index (χ0v) is 13.9. The van der Waals surface area contributed by atoms with Gasteiger partial charge in [0.25, 0.3) is 0 Å². The van der Waals surface area contributed by atoms with Gasteiger partial charge >= 0.3 is 6.09 Å². The largest absolute Gasteiger partial charge is 0.465 e. The first-order chi connectivity index (χ1) is 10.7. The third kappa shape index (κ3) is 3.26. The molecule has 130 valence electrons. The molecule has 0 aliphatic carbocycles. The smallest absolute Gasteiger partial charge is 0.405 e. The van der Waals surface area contributed by atoms with Gasteiger partial charge in [0.2, 0.25) is 21.8 Å². The number of rotatable bonds is 5.